The van der Waals surface area contributed by atoms with Gasteiger partial charge in [-0.05, 0) is 42.6 Å². The SMILES string of the molecule is CCCCCCCCC(=O)NSc1ccc(N2CC=CC2)cc1. The molecule has 0 unspecified atom stereocenters. The van der Waals surface area contributed by atoms with E-state index in [1.807, 2.05) is 0 Å². The molecule has 1 aliphatic heterocycles. The van der Waals surface area contributed by atoms with Gasteiger partial charge in [0.2, 0.25) is 5.91 Å². The van der Waals surface area contributed by atoms with Crippen LogP contribution in [0.5, 0.6) is 0 Å². The molecule has 126 valence electrons. The summed E-state index contributed by atoms with van der Waals surface area (Å²) >= 11 is 1.42. The molecule has 0 radical (unpaired) electrons. The summed E-state index contributed by atoms with van der Waals surface area (Å²) in [6.45, 7) is 4.20. The Morgan fingerprint density at radius 1 is 1.04 bits per heavy atom. The van der Waals surface area contributed by atoms with E-state index in [2.05, 4.69) is 53.0 Å². The first-order chi connectivity index (χ1) is 11.3. The van der Waals surface area contributed by atoms with Crippen molar-refractivity contribution in [3.8, 4) is 0 Å². The van der Waals surface area contributed by atoms with Crippen molar-refractivity contribution in [1.82, 2.24) is 4.72 Å². The minimum Gasteiger partial charge on any atom is -0.364 e. The van der Waals surface area contributed by atoms with E-state index in [-0.39, 0.29) is 5.91 Å². The molecule has 1 aromatic carbocycles. The Morgan fingerprint density at radius 2 is 1.70 bits per heavy atom. The molecule has 1 heterocycles. The first kappa shape index (κ1) is 17.9. The van der Waals surface area contributed by atoms with E-state index in [1.54, 1.807) is 0 Å². The van der Waals surface area contributed by atoms with Gasteiger partial charge in [-0.1, -0.05) is 51.2 Å². The van der Waals surface area contributed by atoms with Gasteiger partial charge in [0.05, 0.1) is 0 Å². The lowest BCUT2D eigenvalue weighted by Crippen LogP contribution is -2.18. The Bertz CT molecular complexity index is 491. The van der Waals surface area contributed by atoms with Gasteiger partial charge in [0.1, 0.15) is 0 Å². The van der Waals surface area contributed by atoms with Gasteiger partial charge in [0.25, 0.3) is 0 Å². The number of carbonyl (C=O) groups is 1. The highest BCUT2D eigenvalue weighted by Crippen LogP contribution is 2.22. The van der Waals surface area contributed by atoms with Crippen LogP contribution in [-0.4, -0.2) is 19.0 Å². The molecule has 0 saturated heterocycles. The van der Waals surface area contributed by atoms with Gasteiger partial charge < -0.3 is 4.90 Å². The minimum atomic E-state index is 0.137. The topological polar surface area (TPSA) is 32.3 Å². The van der Waals surface area contributed by atoms with Crippen LogP contribution >= 0.6 is 11.9 Å². The molecule has 4 heteroatoms. The van der Waals surface area contributed by atoms with E-state index in [0.29, 0.717) is 6.42 Å². The summed E-state index contributed by atoms with van der Waals surface area (Å²) in [6, 6.07) is 8.39. The normalized spacial score (nSPS) is 13.5. The van der Waals surface area contributed by atoms with Gasteiger partial charge >= 0.3 is 0 Å². The largest absolute Gasteiger partial charge is 0.364 e. The van der Waals surface area contributed by atoms with Crippen molar-refractivity contribution in [2.24, 2.45) is 0 Å². The molecular formula is C19H28N2OS. The van der Waals surface area contributed by atoms with Crippen LogP contribution < -0.4 is 9.62 Å². The average molecular weight is 333 g/mol. The number of hydrogen-bond donors (Lipinski definition) is 1. The lowest BCUT2D eigenvalue weighted by Gasteiger charge is -2.17. The van der Waals surface area contributed by atoms with E-state index >= 15 is 0 Å². The molecule has 1 aliphatic rings. The van der Waals surface area contributed by atoms with E-state index in [0.717, 1.165) is 30.8 Å². The van der Waals surface area contributed by atoms with Crippen LogP contribution in [0.3, 0.4) is 0 Å². The summed E-state index contributed by atoms with van der Waals surface area (Å²) in [5.41, 5.74) is 1.23. The number of hydrogen-bond acceptors (Lipinski definition) is 3. The summed E-state index contributed by atoms with van der Waals surface area (Å²) in [7, 11) is 0. The fraction of sp³-hybridized carbons (Fsp3) is 0.526. The number of amides is 1. The molecule has 0 aromatic heterocycles. The molecule has 0 spiro atoms. The highest BCUT2D eigenvalue weighted by molar-refractivity contribution is 7.98. The predicted molar refractivity (Wildman–Crippen MR) is 99.8 cm³/mol. The molecular weight excluding hydrogens is 304 g/mol. The van der Waals surface area contributed by atoms with Crippen molar-refractivity contribution in [2.45, 2.75) is 56.8 Å². The van der Waals surface area contributed by atoms with E-state index in [1.165, 1.54) is 43.3 Å². The van der Waals surface area contributed by atoms with Gasteiger partial charge in [0.15, 0.2) is 0 Å². The monoisotopic (exact) mass is 332 g/mol. The smallest absolute Gasteiger partial charge is 0.230 e. The van der Waals surface area contributed by atoms with Gasteiger partial charge in [-0.15, -0.1) is 0 Å². The number of carbonyl (C=O) groups excluding carboxylic acids is 1. The Balaban J connectivity index is 1.60. The summed E-state index contributed by atoms with van der Waals surface area (Å²) in [5, 5.41) is 0. The van der Waals surface area contributed by atoms with Crippen molar-refractivity contribution in [1.29, 1.82) is 0 Å². The summed E-state index contributed by atoms with van der Waals surface area (Å²) in [4.78, 5) is 15.2. The highest BCUT2D eigenvalue weighted by atomic mass is 32.2. The van der Waals surface area contributed by atoms with Crippen LogP contribution in [0.2, 0.25) is 0 Å². The zero-order valence-electron chi connectivity index (χ0n) is 14.1. The molecule has 0 fully saturated rings. The second kappa shape index (κ2) is 10.4. The highest BCUT2D eigenvalue weighted by Gasteiger charge is 2.07. The van der Waals surface area contributed by atoms with Gasteiger partial charge in [0, 0.05) is 30.1 Å². The Kier molecular flexibility index (Phi) is 8.08. The maximum absolute atomic E-state index is 11.8. The molecule has 0 saturated carbocycles. The fourth-order valence-electron chi connectivity index (χ4n) is 2.65. The zero-order valence-corrected chi connectivity index (χ0v) is 14.9. The Hall–Kier alpha value is -1.42. The summed E-state index contributed by atoms with van der Waals surface area (Å²) in [6.07, 6.45) is 12.3. The number of nitrogens with one attached hydrogen (secondary N) is 1. The lowest BCUT2D eigenvalue weighted by molar-refractivity contribution is -0.119. The van der Waals surface area contributed by atoms with Crippen LogP contribution in [-0.2, 0) is 4.79 Å². The summed E-state index contributed by atoms with van der Waals surface area (Å²) in [5.74, 6) is 0.137. The first-order valence-corrected chi connectivity index (χ1v) is 9.57. The van der Waals surface area contributed by atoms with Crippen LogP contribution in [0, 0.1) is 0 Å². The molecule has 23 heavy (non-hydrogen) atoms. The van der Waals surface area contributed by atoms with Crippen molar-refractivity contribution >= 4 is 23.5 Å². The molecule has 1 N–H and O–H groups in total. The number of unbranched alkanes of at least 4 members (excludes halogenated alkanes) is 5. The van der Waals surface area contributed by atoms with E-state index < -0.39 is 0 Å². The number of anilines is 1. The molecule has 2 rings (SSSR count). The van der Waals surface area contributed by atoms with Crippen LogP contribution in [0.4, 0.5) is 5.69 Å². The van der Waals surface area contributed by atoms with Crippen LogP contribution in [0.15, 0.2) is 41.3 Å². The third-order valence-corrected chi connectivity index (χ3v) is 4.90. The van der Waals surface area contributed by atoms with E-state index in [9.17, 15) is 4.79 Å². The second-order valence-corrected chi connectivity index (χ2v) is 6.90. The van der Waals surface area contributed by atoms with Crippen molar-refractivity contribution in [2.75, 3.05) is 18.0 Å². The second-order valence-electron chi connectivity index (χ2n) is 6.02. The summed E-state index contributed by atoms with van der Waals surface area (Å²) < 4.78 is 2.94. The number of rotatable bonds is 10. The van der Waals surface area contributed by atoms with Gasteiger partial charge in [-0.3, -0.25) is 9.52 Å². The third-order valence-electron chi connectivity index (χ3n) is 4.06. The molecule has 1 amide bonds. The van der Waals surface area contributed by atoms with Gasteiger partial charge in [-0.25, -0.2) is 0 Å². The predicted octanol–water partition coefficient (Wildman–Crippen LogP) is 4.94. The Labute approximate surface area is 144 Å². The van der Waals surface area contributed by atoms with E-state index in [4.69, 9.17) is 0 Å². The van der Waals surface area contributed by atoms with Crippen LogP contribution in [0.1, 0.15) is 51.9 Å². The van der Waals surface area contributed by atoms with Gasteiger partial charge in [-0.2, -0.15) is 0 Å². The molecule has 0 atom stereocenters. The molecule has 3 nitrogen and oxygen atoms in total. The van der Waals surface area contributed by atoms with Crippen molar-refractivity contribution in [3.05, 3.63) is 36.4 Å². The van der Waals surface area contributed by atoms with Crippen molar-refractivity contribution < 1.29 is 4.79 Å². The molecule has 0 bridgehead atoms. The fourth-order valence-corrected chi connectivity index (χ4v) is 3.25. The zero-order chi connectivity index (χ0) is 16.3. The lowest BCUT2D eigenvalue weighted by atomic mass is 10.1. The van der Waals surface area contributed by atoms with Crippen molar-refractivity contribution in [3.63, 3.8) is 0 Å². The Morgan fingerprint density at radius 3 is 2.39 bits per heavy atom. The van der Waals surface area contributed by atoms with Crippen LogP contribution in [0.25, 0.3) is 0 Å². The minimum absolute atomic E-state index is 0.137. The standard InChI is InChI=1S/C19H28N2OS/c1-2-3-4-5-6-7-10-19(22)20-23-18-13-11-17(12-14-18)21-15-8-9-16-21/h8-9,11-14H,2-7,10,15-16H2,1H3,(H,20,22). The first-order valence-electron chi connectivity index (χ1n) is 8.75. The third kappa shape index (κ3) is 6.69. The average Bonchev–Trinajstić information content (AvgIpc) is 3.11. The number of nitrogens with zero attached hydrogens (tertiary/aromatic N) is 1. The maximum atomic E-state index is 11.8. The molecule has 0 aliphatic carbocycles. The quantitative estimate of drug-likeness (QED) is 0.374. The number of benzene rings is 1. The molecule has 1 aromatic rings. The maximum Gasteiger partial charge on any atom is 0.230 e.